The van der Waals surface area contributed by atoms with Gasteiger partial charge in [0.15, 0.2) is 0 Å². The number of phenols is 1. The van der Waals surface area contributed by atoms with Gasteiger partial charge in [0.1, 0.15) is 17.1 Å². The van der Waals surface area contributed by atoms with Crippen molar-refractivity contribution in [1.29, 1.82) is 0 Å². The molecule has 0 atom stereocenters. The summed E-state index contributed by atoms with van der Waals surface area (Å²) < 4.78 is 10.7. The summed E-state index contributed by atoms with van der Waals surface area (Å²) in [5, 5.41) is 17.0. The number of nitrogens with one attached hydrogen (secondary N) is 2. The van der Waals surface area contributed by atoms with Gasteiger partial charge in [-0.3, -0.25) is 0 Å². The van der Waals surface area contributed by atoms with Gasteiger partial charge in [-0.1, -0.05) is 12.1 Å². The number of hydrogen-bond acceptors (Lipinski definition) is 5. The molecule has 0 aliphatic heterocycles. The van der Waals surface area contributed by atoms with Gasteiger partial charge < -0.3 is 19.6 Å². The molecule has 0 aliphatic carbocycles. The SMILES string of the molecule is COc1ccccc1NC(=O)N/N=c1\cc(C)c2ccc(O)cc2o1. The number of amides is 2. The van der Waals surface area contributed by atoms with Crippen molar-refractivity contribution in [2.24, 2.45) is 5.10 Å². The Kier molecular flexibility index (Phi) is 4.56. The molecule has 0 aliphatic rings. The zero-order valence-corrected chi connectivity index (χ0v) is 13.7. The first kappa shape index (κ1) is 16.4. The lowest BCUT2D eigenvalue weighted by Crippen LogP contribution is -2.26. The molecular weight excluding hydrogens is 322 g/mol. The molecule has 0 fully saturated rings. The number of urea groups is 1. The average Bonchev–Trinajstić information content (AvgIpc) is 2.60. The molecule has 7 nitrogen and oxygen atoms in total. The minimum Gasteiger partial charge on any atom is -0.508 e. The number of phenolic OH excluding ortho intramolecular Hbond substituents is 1. The second kappa shape index (κ2) is 6.96. The van der Waals surface area contributed by atoms with Crippen LogP contribution in [-0.4, -0.2) is 18.2 Å². The molecule has 7 heteroatoms. The lowest BCUT2D eigenvalue weighted by atomic mass is 10.1. The number of aryl methyl sites for hydroxylation is 1. The molecule has 2 amide bonds. The summed E-state index contributed by atoms with van der Waals surface area (Å²) in [6, 6.07) is 13.0. The van der Waals surface area contributed by atoms with E-state index in [1.807, 2.05) is 6.92 Å². The molecule has 0 unspecified atom stereocenters. The van der Waals surface area contributed by atoms with Crippen LogP contribution >= 0.6 is 0 Å². The predicted molar refractivity (Wildman–Crippen MR) is 93.3 cm³/mol. The minimum absolute atomic E-state index is 0.0923. The number of ether oxygens (including phenoxy) is 1. The molecule has 3 rings (SSSR count). The maximum Gasteiger partial charge on any atom is 0.339 e. The summed E-state index contributed by atoms with van der Waals surface area (Å²) in [4.78, 5) is 12.0. The number of fused-ring (bicyclic) bond motifs is 1. The van der Waals surface area contributed by atoms with E-state index in [2.05, 4.69) is 15.8 Å². The number of nitrogens with zero attached hydrogens (tertiary/aromatic N) is 1. The lowest BCUT2D eigenvalue weighted by molar-refractivity contribution is 0.251. The highest BCUT2D eigenvalue weighted by molar-refractivity contribution is 5.90. The largest absolute Gasteiger partial charge is 0.508 e. The van der Waals surface area contributed by atoms with Crippen molar-refractivity contribution in [3.05, 3.63) is 59.6 Å². The Morgan fingerprint density at radius 2 is 2.00 bits per heavy atom. The van der Waals surface area contributed by atoms with Crippen molar-refractivity contribution in [3.63, 3.8) is 0 Å². The van der Waals surface area contributed by atoms with Gasteiger partial charge in [0.2, 0.25) is 5.55 Å². The van der Waals surface area contributed by atoms with Crippen molar-refractivity contribution in [3.8, 4) is 11.5 Å². The molecule has 3 N–H and O–H groups in total. The first-order valence-corrected chi connectivity index (χ1v) is 7.54. The summed E-state index contributed by atoms with van der Waals surface area (Å²) in [5.74, 6) is 0.633. The second-order valence-electron chi connectivity index (χ2n) is 5.33. The van der Waals surface area contributed by atoms with Gasteiger partial charge in [0.25, 0.3) is 0 Å². The van der Waals surface area contributed by atoms with Gasteiger partial charge >= 0.3 is 6.03 Å². The van der Waals surface area contributed by atoms with Crippen molar-refractivity contribution in [1.82, 2.24) is 5.43 Å². The van der Waals surface area contributed by atoms with Gasteiger partial charge in [-0.2, -0.15) is 0 Å². The van der Waals surface area contributed by atoms with E-state index in [4.69, 9.17) is 9.15 Å². The summed E-state index contributed by atoms with van der Waals surface area (Å²) >= 11 is 0. The van der Waals surface area contributed by atoms with Crippen molar-refractivity contribution in [2.75, 3.05) is 12.4 Å². The van der Waals surface area contributed by atoms with Crippen molar-refractivity contribution >= 4 is 22.7 Å². The smallest absolute Gasteiger partial charge is 0.339 e. The van der Waals surface area contributed by atoms with Gasteiger partial charge in [0, 0.05) is 17.5 Å². The number of benzene rings is 2. The Balaban J connectivity index is 1.81. The minimum atomic E-state index is -0.534. The number of aromatic hydroxyl groups is 1. The summed E-state index contributed by atoms with van der Waals surface area (Å²) in [6.45, 7) is 1.89. The third-order valence-corrected chi connectivity index (χ3v) is 3.57. The van der Waals surface area contributed by atoms with Gasteiger partial charge in [-0.05, 0) is 36.8 Å². The Labute approximate surface area is 143 Å². The van der Waals surface area contributed by atoms with E-state index in [0.717, 1.165) is 10.9 Å². The van der Waals surface area contributed by atoms with Crippen LogP contribution < -0.4 is 21.0 Å². The second-order valence-corrected chi connectivity index (χ2v) is 5.33. The number of anilines is 1. The highest BCUT2D eigenvalue weighted by Crippen LogP contribution is 2.23. The molecular formula is C18H17N3O4. The van der Waals surface area contributed by atoms with E-state index in [1.54, 1.807) is 42.5 Å². The van der Waals surface area contributed by atoms with E-state index in [1.165, 1.54) is 13.2 Å². The van der Waals surface area contributed by atoms with Crippen LogP contribution in [0.15, 0.2) is 58.0 Å². The summed E-state index contributed by atoms with van der Waals surface area (Å²) in [6.07, 6.45) is 0. The fourth-order valence-corrected chi connectivity index (χ4v) is 2.39. The van der Waals surface area contributed by atoms with E-state index in [-0.39, 0.29) is 11.3 Å². The zero-order valence-electron chi connectivity index (χ0n) is 13.7. The predicted octanol–water partition coefficient (Wildman–Crippen LogP) is 3.09. The number of hydrogen-bond donors (Lipinski definition) is 3. The van der Waals surface area contributed by atoms with Crippen molar-refractivity contribution < 1.29 is 19.1 Å². The number of rotatable bonds is 3. The van der Waals surface area contributed by atoms with Crippen molar-refractivity contribution in [2.45, 2.75) is 6.92 Å². The monoisotopic (exact) mass is 339 g/mol. The molecule has 3 aromatic rings. The number of methoxy groups -OCH3 is 1. The third-order valence-electron chi connectivity index (χ3n) is 3.57. The molecule has 0 saturated heterocycles. The molecule has 0 radical (unpaired) electrons. The highest BCUT2D eigenvalue weighted by Gasteiger charge is 2.06. The molecule has 25 heavy (non-hydrogen) atoms. The number of carbonyl (C=O) groups is 1. The first-order valence-electron chi connectivity index (χ1n) is 7.54. The lowest BCUT2D eigenvalue weighted by Gasteiger charge is -2.08. The first-order chi connectivity index (χ1) is 12.1. The van der Waals surface area contributed by atoms with Crippen LogP contribution in [0.1, 0.15) is 5.56 Å². The van der Waals surface area contributed by atoms with Gasteiger partial charge in [-0.15, -0.1) is 5.10 Å². The molecule has 0 saturated carbocycles. The maximum atomic E-state index is 12.0. The van der Waals surface area contributed by atoms with E-state index < -0.39 is 6.03 Å². The molecule has 1 heterocycles. The van der Waals surface area contributed by atoms with Crippen LogP contribution in [0, 0.1) is 6.92 Å². The summed E-state index contributed by atoms with van der Waals surface area (Å²) in [5.41, 5.74) is 4.49. The zero-order chi connectivity index (χ0) is 17.8. The van der Waals surface area contributed by atoms with Crippen LogP contribution in [0.4, 0.5) is 10.5 Å². The van der Waals surface area contributed by atoms with Crippen LogP contribution in [0.25, 0.3) is 11.0 Å². The molecule has 128 valence electrons. The number of para-hydroxylation sites is 2. The quantitative estimate of drug-likeness (QED) is 0.639. The summed E-state index contributed by atoms with van der Waals surface area (Å²) in [7, 11) is 1.52. The van der Waals surface area contributed by atoms with Gasteiger partial charge in [0.05, 0.1) is 12.8 Å². The van der Waals surface area contributed by atoms with Crippen LogP contribution in [0.5, 0.6) is 11.5 Å². The van der Waals surface area contributed by atoms with Crippen LogP contribution in [-0.2, 0) is 0 Å². The fraction of sp³-hybridized carbons (Fsp3) is 0.111. The van der Waals surface area contributed by atoms with Crippen LogP contribution in [0.3, 0.4) is 0 Å². The third kappa shape index (κ3) is 3.72. The molecule has 1 aromatic heterocycles. The van der Waals surface area contributed by atoms with Gasteiger partial charge in [-0.25, -0.2) is 10.2 Å². The number of carbonyl (C=O) groups excluding carboxylic acids is 1. The van der Waals surface area contributed by atoms with E-state index in [9.17, 15) is 9.90 Å². The maximum absolute atomic E-state index is 12.0. The van der Waals surface area contributed by atoms with E-state index >= 15 is 0 Å². The normalized spacial score (nSPS) is 11.4. The molecule has 0 bridgehead atoms. The topological polar surface area (TPSA) is 96.1 Å². The standard InChI is InChI=1S/C18H17N3O4/c1-11-9-17(25-16-10-12(22)7-8-13(11)16)20-21-18(23)19-14-5-3-4-6-15(14)24-2/h3-10,22H,1-2H3,(H2,19,21,23)/b20-17+. The Morgan fingerprint density at radius 1 is 1.20 bits per heavy atom. The average molecular weight is 339 g/mol. The highest BCUT2D eigenvalue weighted by atomic mass is 16.5. The Bertz CT molecular complexity index is 995. The van der Waals surface area contributed by atoms with E-state index in [0.29, 0.717) is 17.0 Å². The Hall–Kier alpha value is -3.48. The Morgan fingerprint density at radius 3 is 2.80 bits per heavy atom. The molecule has 0 spiro atoms. The fourth-order valence-electron chi connectivity index (χ4n) is 2.39. The molecule has 2 aromatic carbocycles. The van der Waals surface area contributed by atoms with Crippen LogP contribution in [0.2, 0.25) is 0 Å².